The Bertz CT molecular complexity index is 591. The van der Waals surface area contributed by atoms with Gasteiger partial charge in [-0.2, -0.15) is 5.10 Å². The number of benzene rings is 1. The summed E-state index contributed by atoms with van der Waals surface area (Å²) in [5.41, 5.74) is 0.655. The highest BCUT2D eigenvalue weighted by atomic mass is 35.5. The van der Waals surface area contributed by atoms with E-state index in [-0.39, 0.29) is 0 Å². The molecule has 1 unspecified atom stereocenters. The first-order valence-corrected chi connectivity index (χ1v) is 7.43. The van der Waals surface area contributed by atoms with E-state index in [1.165, 1.54) is 0 Å². The van der Waals surface area contributed by atoms with E-state index >= 15 is 0 Å². The summed E-state index contributed by atoms with van der Waals surface area (Å²) in [5.74, 6) is 0.613. The van der Waals surface area contributed by atoms with Gasteiger partial charge in [0.1, 0.15) is 11.3 Å². The average molecular weight is 309 g/mol. The van der Waals surface area contributed by atoms with Crippen molar-refractivity contribution >= 4 is 11.6 Å². The molecule has 114 valence electrons. The molecule has 1 heterocycles. The maximum absolute atomic E-state index is 10.9. The first-order valence-electron chi connectivity index (χ1n) is 7.05. The van der Waals surface area contributed by atoms with Crippen molar-refractivity contribution in [3.05, 3.63) is 46.7 Å². The van der Waals surface area contributed by atoms with Crippen molar-refractivity contribution < 1.29 is 9.84 Å². The van der Waals surface area contributed by atoms with E-state index in [0.29, 0.717) is 22.9 Å². The number of nitrogens with zero attached hydrogens (tertiary/aromatic N) is 2. The predicted octanol–water partition coefficient (Wildman–Crippen LogP) is 3.41. The molecule has 0 amide bonds. The van der Waals surface area contributed by atoms with E-state index in [9.17, 15) is 5.11 Å². The van der Waals surface area contributed by atoms with Crippen molar-refractivity contribution in [2.45, 2.75) is 38.8 Å². The van der Waals surface area contributed by atoms with Crippen LogP contribution < -0.4 is 4.74 Å². The smallest absolute Gasteiger partial charge is 0.162 e. The Balaban J connectivity index is 2.33. The summed E-state index contributed by atoms with van der Waals surface area (Å²) in [6.07, 6.45) is 3.06. The van der Waals surface area contributed by atoms with Gasteiger partial charge in [-0.25, -0.2) is 0 Å². The van der Waals surface area contributed by atoms with Gasteiger partial charge in [0.05, 0.1) is 13.3 Å². The molecule has 0 bridgehead atoms. The lowest BCUT2D eigenvalue weighted by molar-refractivity contribution is 0.0451. The fourth-order valence-electron chi connectivity index (χ4n) is 2.53. The molecule has 1 N–H and O–H groups in total. The van der Waals surface area contributed by atoms with Gasteiger partial charge in [-0.3, -0.25) is 4.68 Å². The number of aryl methyl sites for hydroxylation is 1. The van der Waals surface area contributed by atoms with Crippen molar-refractivity contribution in [2.75, 3.05) is 7.11 Å². The largest absolute Gasteiger partial charge is 0.493 e. The summed E-state index contributed by atoms with van der Waals surface area (Å²) >= 11 is 5.90. The molecule has 21 heavy (non-hydrogen) atoms. The highest BCUT2D eigenvalue weighted by Gasteiger charge is 2.31. The molecular weight excluding hydrogens is 288 g/mol. The molecule has 0 aliphatic heterocycles. The number of ether oxygens (including phenoxy) is 1. The fourth-order valence-corrected chi connectivity index (χ4v) is 2.65. The average Bonchev–Trinajstić information content (AvgIpc) is 2.85. The van der Waals surface area contributed by atoms with Crippen molar-refractivity contribution in [1.29, 1.82) is 0 Å². The molecule has 0 aliphatic rings. The number of rotatable bonds is 6. The first kappa shape index (κ1) is 15.9. The van der Waals surface area contributed by atoms with Crippen molar-refractivity contribution in [1.82, 2.24) is 9.78 Å². The van der Waals surface area contributed by atoms with Crippen LogP contribution in [0.5, 0.6) is 5.75 Å². The number of hydrogen-bond acceptors (Lipinski definition) is 3. The van der Waals surface area contributed by atoms with Gasteiger partial charge in [0.2, 0.25) is 0 Å². The second-order valence-corrected chi connectivity index (χ2v) is 5.80. The molecule has 1 aromatic heterocycles. The van der Waals surface area contributed by atoms with E-state index in [4.69, 9.17) is 16.3 Å². The standard InChI is InChI=1S/C16H21ClN2O2/c1-4-9-19-15(14(21-3)11-18-19)16(2,20)10-12-5-7-13(17)8-6-12/h5-8,11,20H,4,9-10H2,1-3H3. The summed E-state index contributed by atoms with van der Waals surface area (Å²) in [7, 11) is 1.59. The minimum atomic E-state index is -1.06. The number of hydrogen-bond donors (Lipinski definition) is 1. The molecule has 2 rings (SSSR count). The second-order valence-electron chi connectivity index (χ2n) is 5.36. The summed E-state index contributed by atoms with van der Waals surface area (Å²) in [4.78, 5) is 0. The van der Waals surface area contributed by atoms with E-state index in [1.807, 2.05) is 28.9 Å². The Hall–Kier alpha value is -1.52. The van der Waals surface area contributed by atoms with Crippen LogP contribution in [0.25, 0.3) is 0 Å². The molecule has 1 aromatic carbocycles. The van der Waals surface area contributed by atoms with Crippen LogP contribution in [0.4, 0.5) is 0 Å². The molecule has 0 saturated heterocycles. The Labute approximate surface area is 130 Å². The third-order valence-electron chi connectivity index (χ3n) is 3.43. The lowest BCUT2D eigenvalue weighted by Crippen LogP contribution is -2.29. The first-order chi connectivity index (χ1) is 9.97. The summed E-state index contributed by atoms with van der Waals surface area (Å²) in [6.45, 7) is 4.61. The van der Waals surface area contributed by atoms with Gasteiger partial charge >= 0.3 is 0 Å². The van der Waals surface area contributed by atoms with E-state index in [1.54, 1.807) is 20.2 Å². The van der Waals surface area contributed by atoms with Crippen LogP contribution in [0.3, 0.4) is 0 Å². The fraction of sp³-hybridized carbons (Fsp3) is 0.438. The van der Waals surface area contributed by atoms with Crippen molar-refractivity contribution in [3.63, 3.8) is 0 Å². The Morgan fingerprint density at radius 3 is 2.57 bits per heavy atom. The zero-order valence-electron chi connectivity index (χ0n) is 12.6. The minimum Gasteiger partial charge on any atom is -0.493 e. The van der Waals surface area contributed by atoms with E-state index in [0.717, 1.165) is 18.5 Å². The molecule has 0 saturated carbocycles. The summed E-state index contributed by atoms with van der Waals surface area (Å²) in [6, 6.07) is 7.49. The molecule has 5 heteroatoms. The lowest BCUT2D eigenvalue weighted by atomic mass is 9.92. The SMILES string of the molecule is CCCn1ncc(OC)c1C(C)(O)Cc1ccc(Cl)cc1. The zero-order chi connectivity index (χ0) is 15.5. The number of aromatic nitrogens is 2. The van der Waals surface area contributed by atoms with Crippen LogP contribution in [0.15, 0.2) is 30.5 Å². The monoisotopic (exact) mass is 308 g/mol. The molecule has 0 aliphatic carbocycles. The quantitative estimate of drug-likeness (QED) is 0.889. The van der Waals surface area contributed by atoms with Crippen LogP contribution in [0, 0.1) is 0 Å². The number of halogens is 1. The van der Waals surface area contributed by atoms with Crippen molar-refractivity contribution in [2.24, 2.45) is 0 Å². The van der Waals surface area contributed by atoms with Gasteiger partial charge in [-0.15, -0.1) is 0 Å². The normalized spacial score (nSPS) is 14.0. The third-order valence-corrected chi connectivity index (χ3v) is 3.68. The van der Waals surface area contributed by atoms with E-state index in [2.05, 4.69) is 12.0 Å². The van der Waals surface area contributed by atoms with Crippen LogP contribution in [-0.4, -0.2) is 22.0 Å². The minimum absolute atomic E-state index is 0.468. The van der Waals surface area contributed by atoms with Crippen LogP contribution in [0.1, 0.15) is 31.5 Å². The molecule has 2 aromatic rings. The summed E-state index contributed by atoms with van der Waals surface area (Å²) in [5, 5.41) is 15.9. The maximum Gasteiger partial charge on any atom is 0.162 e. The van der Waals surface area contributed by atoms with Gasteiger partial charge < -0.3 is 9.84 Å². The molecule has 0 spiro atoms. The Morgan fingerprint density at radius 2 is 2.00 bits per heavy atom. The molecule has 1 atom stereocenters. The van der Waals surface area contributed by atoms with Gasteiger partial charge in [0.15, 0.2) is 5.75 Å². The van der Waals surface area contributed by atoms with E-state index < -0.39 is 5.60 Å². The second kappa shape index (κ2) is 6.50. The molecule has 0 radical (unpaired) electrons. The highest BCUT2D eigenvalue weighted by molar-refractivity contribution is 6.30. The van der Waals surface area contributed by atoms with Crippen LogP contribution >= 0.6 is 11.6 Å². The maximum atomic E-state index is 10.9. The highest BCUT2D eigenvalue weighted by Crippen LogP contribution is 2.33. The molecule has 4 nitrogen and oxygen atoms in total. The zero-order valence-corrected chi connectivity index (χ0v) is 13.4. The third kappa shape index (κ3) is 3.57. The van der Waals surface area contributed by atoms with Gasteiger partial charge in [0.25, 0.3) is 0 Å². The topological polar surface area (TPSA) is 47.3 Å². The molecule has 0 fully saturated rings. The van der Waals surface area contributed by atoms with Gasteiger partial charge in [-0.05, 0) is 31.0 Å². The predicted molar refractivity (Wildman–Crippen MR) is 83.8 cm³/mol. The summed E-state index contributed by atoms with van der Waals surface area (Å²) < 4.78 is 7.17. The van der Waals surface area contributed by atoms with Crippen LogP contribution in [-0.2, 0) is 18.6 Å². The number of methoxy groups -OCH3 is 1. The van der Waals surface area contributed by atoms with Crippen molar-refractivity contribution in [3.8, 4) is 5.75 Å². The van der Waals surface area contributed by atoms with Gasteiger partial charge in [-0.1, -0.05) is 30.7 Å². The lowest BCUT2D eigenvalue weighted by Gasteiger charge is -2.25. The Morgan fingerprint density at radius 1 is 1.33 bits per heavy atom. The molecular formula is C16H21ClN2O2. The number of aliphatic hydroxyl groups is 1. The Kier molecular flexibility index (Phi) is 4.91. The van der Waals surface area contributed by atoms with Gasteiger partial charge in [0, 0.05) is 18.0 Å². The van der Waals surface area contributed by atoms with Crippen LogP contribution in [0.2, 0.25) is 5.02 Å².